The van der Waals surface area contributed by atoms with E-state index in [0.717, 1.165) is 10.1 Å². The molecule has 56 valence electrons. The molecule has 0 saturated heterocycles. The fourth-order valence-electron chi connectivity index (χ4n) is 1.06. The van der Waals surface area contributed by atoms with E-state index in [1.54, 1.807) is 4.52 Å². The van der Waals surface area contributed by atoms with Crippen LogP contribution in [-0.2, 0) is 0 Å². The first kappa shape index (κ1) is 6.79. The highest BCUT2D eigenvalue weighted by atomic mass is 79.9. The van der Waals surface area contributed by atoms with Gasteiger partial charge in [-0.15, -0.1) is 0 Å². The average Bonchev–Trinajstić information content (AvgIpc) is 2.34. The van der Waals surface area contributed by atoms with Crippen molar-refractivity contribution >= 4 is 21.4 Å². The summed E-state index contributed by atoms with van der Waals surface area (Å²) in [5, 5.41) is 4.04. The number of aryl methyl sites for hydroxylation is 1. The minimum absolute atomic E-state index is 0.843. The molecule has 0 bridgehead atoms. The molecule has 0 aromatic carbocycles. The van der Waals surface area contributed by atoms with Crippen molar-refractivity contribution in [2.45, 2.75) is 6.92 Å². The topological polar surface area (TPSA) is 30.2 Å². The van der Waals surface area contributed by atoms with Gasteiger partial charge in [0.15, 0.2) is 0 Å². The van der Waals surface area contributed by atoms with Gasteiger partial charge in [0.05, 0.1) is 0 Å². The summed E-state index contributed by atoms with van der Waals surface area (Å²) >= 11 is 3.35. The average molecular weight is 212 g/mol. The predicted octanol–water partition coefficient (Wildman–Crippen LogP) is 1.80. The summed E-state index contributed by atoms with van der Waals surface area (Å²) in [7, 11) is 0. The fraction of sp³-hybridized carbons (Fsp3) is 0.143. The smallest absolute Gasteiger partial charge is 0.137 e. The number of fused-ring (bicyclic) bond motifs is 1. The number of halogens is 1. The summed E-state index contributed by atoms with van der Waals surface area (Å²) in [6.07, 6.45) is 3.44. The van der Waals surface area contributed by atoms with Crippen LogP contribution in [0.25, 0.3) is 5.52 Å². The molecule has 0 aliphatic heterocycles. The van der Waals surface area contributed by atoms with Gasteiger partial charge in [0, 0.05) is 6.20 Å². The van der Waals surface area contributed by atoms with E-state index in [-0.39, 0.29) is 0 Å². The molecule has 0 saturated carbocycles. The molecule has 0 atom stereocenters. The molecule has 0 unspecified atom stereocenters. The van der Waals surface area contributed by atoms with Gasteiger partial charge in [-0.1, -0.05) is 0 Å². The highest BCUT2D eigenvalue weighted by Crippen LogP contribution is 2.17. The van der Waals surface area contributed by atoms with Crippen LogP contribution in [0.3, 0.4) is 0 Å². The van der Waals surface area contributed by atoms with Crippen LogP contribution in [0, 0.1) is 6.92 Å². The Kier molecular flexibility index (Phi) is 1.42. The summed E-state index contributed by atoms with van der Waals surface area (Å²) in [6.45, 7) is 2.03. The molecule has 2 aromatic rings. The molecule has 11 heavy (non-hydrogen) atoms. The standard InChI is InChI=1S/C7H6BrN3/c1-5-2-3-11-6(5)7(8)9-4-10-11/h2-4H,1H3. The lowest BCUT2D eigenvalue weighted by atomic mass is 10.3. The van der Waals surface area contributed by atoms with Crippen LogP contribution < -0.4 is 0 Å². The lowest BCUT2D eigenvalue weighted by molar-refractivity contribution is 0.893. The first-order chi connectivity index (χ1) is 5.29. The maximum Gasteiger partial charge on any atom is 0.137 e. The second kappa shape index (κ2) is 2.30. The molecule has 2 aromatic heterocycles. The molecule has 0 fully saturated rings. The molecular formula is C7H6BrN3. The Hall–Kier alpha value is -0.900. The van der Waals surface area contributed by atoms with Crippen molar-refractivity contribution in [3.05, 3.63) is 28.8 Å². The molecule has 3 nitrogen and oxygen atoms in total. The minimum atomic E-state index is 0.843. The second-order valence-corrected chi connectivity index (χ2v) is 3.09. The lowest BCUT2D eigenvalue weighted by Crippen LogP contribution is -1.91. The van der Waals surface area contributed by atoms with E-state index < -0.39 is 0 Å². The van der Waals surface area contributed by atoms with Crippen molar-refractivity contribution in [1.29, 1.82) is 0 Å². The van der Waals surface area contributed by atoms with E-state index in [9.17, 15) is 0 Å². The van der Waals surface area contributed by atoms with Gasteiger partial charge in [-0.25, -0.2) is 9.50 Å². The van der Waals surface area contributed by atoms with Crippen LogP contribution in [0.2, 0.25) is 0 Å². The molecule has 0 aliphatic carbocycles. The summed E-state index contributed by atoms with van der Waals surface area (Å²) in [4.78, 5) is 4.03. The first-order valence-corrected chi connectivity index (χ1v) is 4.03. The highest BCUT2D eigenvalue weighted by molar-refractivity contribution is 9.10. The molecule has 0 aliphatic rings. The zero-order valence-corrected chi connectivity index (χ0v) is 7.54. The number of rotatable bonds is 0. The Morgan fingerprint density at radius 3 is 3.09 bits per heavy atom. The number of nitrogens with zero attached hydrogens (tertiary/aromatic N) is 3. The first-order valence-electron chi connectivity index (χ1n) is 3.23. The predicted molar refractivity (Wildman–Crippen MR) is 45.4 cm³/mol. The molecule has 0 N–H and O–H groups in total. The zero-order valence-electron chi connectivity index (χ0n) is 5.95. The maximum atomic E-state index is 4.04. The summed E-state index contributed by atoms with van der Waals surface area (Å²) in [5.41, 5.74) is 2.21. The van der Waals surface area contributed by atoms with Crippen molar-refractivity contribution in [1.82, 2.24) is 14.6 Å². The van der Waals surface area contributed by atoms with E-state index in [1.165, 1.54) is 11.9 Å². The third-order valence-corrected chi connectivity index (χ3v) is 2.19. The van der Waals surface area contributed by atoms with Gasteiger partial charge in [-0.2, -0.15) is 5.10 Å². The SMILES string of the molecule is Cc1ccn2ncnc(Br)c12. The van der Waals surface area contributed by atoms with E-state index in [2.05, 4.69) is 26.0 Å². The molecule has 0 spiro atoms. The Morgan fingerprint density at radius 1 is 1.55 bits per heavy atom. The van der Waals surface area contributed by atoms with Crippen molar-refractivity contribution in [2.75, 3.05) is 0 Å². The Labute approximate surface area is 72.2 Å². The monoisotopic (exact) mass is 211 g/mol. The van der Waals surface area contributed by atoms with E-state index in [4.69, 9.17) is 0 Å². The van der Waals surface area contributed by atoms with Crippen molar-refractivity contribution in [3.8, 4) is 0 Å². The highest BCUT2D eigenvalue weighted by Gasteiger charge is 2.02. The van der Waals surface area contributed by atoms with Crippen molar-refractivity contribution < 1.29 is 0 Å². The normalized spacial score (nSPS) is 10.7. The van der Waals surface area contributed by atoms with Gasteiger partial charge < -0.3 is 0 Å². The van der Waals surface area contributed by atoms with E-state index >= 15 is 0 Å². The Bertz CT molecular complexity index is 393. The van der Waals surface area contributed by atoms with E-state index in [0.29, 0.717) is 0 Å². The summed E-state index contributed by atoms with van der Waals surface area (Å²) < 4.78 is 2.64. The van der Waals surface area contributed by atoms with Crippen LogP contribution in [0.15, 0.2) is 23.2 Å². The lowest BCUT2D eigenvalue weighted by Gasteiger charge is -1.94. The molecule has 2 rings (SSSR count). The fourth-order valence-corrected chi connectivity index (χ4v) is 1.65. The largest absolute Gasteiger partial charge is 0.237 e. The third-order valence-electron chi connectivity index (χ3n) is 1.61. The van der Waals surface area contributed by atoms with Gasteiger partial charge in [0.1, 0.15) is 16.4 Å². The van der Waals surface area contributed by atoms with Crippen LogP contribution in [-0.4, -0.2) is 14.6 Å². The van der Waals surface area contributed by atoms with Crippen molar-refractivity contribution in [2.24, 2.45) is 0 Å². The Balaban J connectivity index is 2.96. The summed E-state index contributed by atoms with van der Waals surface area (Å²) in [6, 6.07) is 2.01. The number of hydrogen-bond donors (Lipinski definition) is 0. The molecular weight excluding hydrogens is 206 g/mol. The molecule has 0 amide bonds. The number of aromatic nitrogens is 3. The van der Waals surface area contributed by atoms with Crippen molar-refractivity contribution in [3.63, 3.8) is 0 Å². The molecule has 0 radical (unpaired) electrons. The maximum absolute atomic E-state index is 4.04. The van der Waals surface area contributed by atoms with Crippen LogP contribution in [0.4, 0.5) is 0 Å². The molecule has 2 heterocycles. The van der Waals surface area contributed by atoms with E-state index in [1.807, 2.05) is 19.2 Å². The van der Waals surface area contributed by atoms with Crippen LogP contribution in [0.5, 0.6) is 0 Å². The van der Waals surface area contributed by atoms with Crippen LogP contribution >= 0.6 is 15.9 Å². The van der Waals surface area contributed by atoms with Gasteiger partial charge in [0.2, 0.25) is 0 Å². The second-order valence-electron chi connectivity index (χ2n) is 2.34. The molecule has 4 heteroatoms. The van der Waals surface area contributed by atoms with Gasteiger partial charge in [0.25, 0.3) is 0 Å². The Morgan fingerprint density at radius 2 is 2.36 bits per heavy atom. The van der Waals surface area contributed by atoms with Gasteiger partial charge in [-0.05, 0) is 34.5 Å². The zero-order chi connectivity index (χ0) is 7.84. The van der Waals surface area contributed by atoms with Gasteiger partial charge >= 0.3 is 0 Å². The van der Waals surface area contributed by atoms with Crippen LogP contribution in [0.1, 0.15) is 5.56 Å². The quantitative estimate of drug-likeness (QED) is 0.666. The number of hydrogen-bond acceptors (Lipinski definition) is 2. The summed E-state index contributed by atoms with van der Waals surface area (Å²) in [5.74, 6) is 0. The van der Waals surface area contributed by atoms with Gasteiger partial charge in [-0.3, -0.25) is 0 Å². The minimum Gasteiger partial charge on any atom is -0.237 e. The third kappa shape index (κ3) is 0.939.